The summed E-state index contributed by atoms with van der Waals surface area (Å²) in [6.45, 7) is 1.52. The van der Waals surface area contributed by atoms with Crippen molar-refractivity contribution >= 4 is 40.8 Å². The number of carbonyl (C=O) groups is 2. The first-order chi connectivity index (χ1) is 11.3. The molecule has 6 nitrogen and oxygen atoms in total. The number of carboxylic acids is 1. The van der Waals surface area contributed by atoms with Gasteiger partial charge in [0.1, 0.15) is 17.1 Å². The maximum absolute atomic E-state index is 12.1. The largest absolute Gasteiger partial charge is 0.507 e. The van der Waals surface area contributed by atoms with Gasteiger partial charge in [0.15, 0.2) is 6.10 Å². The quantitative estimate of drug-likeness (QED) is 0.744. The first-order valence-corrected chi connectivity index (χ1v) is 7.52. The van der Waals surface area contributed by atoms with E-state index in [1.807, 2.05) is 0 Å². The zero-order valence-electron chi connectivity index (χ0n) is 12.4. The van der Waals surface area contributed by atoms with Gasteiger partial charge in [0.05, 0.1) is 5.02 Å². The molecule has 0 aliphatic carbocycles. The SMILES string of the molecule is C[C@@H](Oc1ccc(Cl)cc1Cl)C(=O)Nc1ccc(C(=O)O)c(O)c1. The second-order valence-electron chi connectivity index (χ2n) is 4.86. The van der Waals surface area contributed by atoms with Gasteiger partial charge in [-0.3, -0.25) is 4.79 Å². The third-order valence-electron chi connectivity index (χ3n) is 3.06. The van der Waals surface area contributed by atoms with Gasteiger partial charge in [-0.1, -0.05) is 23.2 Å². The van der Waals surface area contributed by atoms with Crippen LogP contribution in [-0.2, 0) is 4.79 Å². The topological polar surface area (TPSA) is 95.9 Å². The predicted octanol–water partition coefficient (Wildman–Crippen LogP) is 3.80. The van der Waals surface area contributed by atoms with Crippen LogP contribution >= 0.6 is 23.2 Å². The molecule has 0 saturated carbocycles. The van der Waals surface area contributed by atoms with Gasteiger partial charge in [0, 0.05) is 16.8 Å². The summed E-state index contributed by atoms with van der Waals surface area (Å²) in [4.78, 5) is 23.0. The number of aromatic hydroxyl groups is 1. The molecule has 0 aliphatic rings. The smallest absolute Gasteiger partial charge is 0.339 e. The predicted molar refractivity (Wildman–Crippen MR) is 90.2 cm³/mol. The van der Waals surface area contributed by atoms with Gasteiger partial charge in [-0.05, 0) is 37.3 Å². The highest BCUT2D eigenvalue weighted by molar-refractivity contribution is 6.35. The fraction of sp³-hybridized carbons (Fsp3) is 0.125. The Kier molecular flexibility index (Phi) is 5.54. The van der Waals surface area contributed by atoms with Gasteiger partial charge in [0.25, 0.3) is 5.91 Å². The standard InChI is InChI=1S/C16H13Cl2NO5/c1-8(24-14-5-2-9(17)6-12(14)18)15(21)19-10-3-4-11(16(22)23)13(20)7-10/h2-8,20H,1H3,(H,19,21)(H,22,23)/t8-/m1/s1. The van der Waals surface area contributed by atoms with Crippen LogP contribution in [0.1, 0.15) is 17.3 Å². The van der Waals surface area contributed by atoms with Crippen LogP contribution in [0.3, 0.4) is 0 Å². The minimum absolute atomic E-state index is 0.236. The van der Waals surface area contributed by atoms with Gasteiger partial charge in [0.2, 0.25) is 0 Å². The lowest BCUT2D eigenvalue weighted by Crippen LogP contribution is -2.30. The monoisotopic (exact) mass is 369 g/mol. The van der Waals surface area contributed by atoms with E-state index >= 15 is 0 Å². The number of anilines is 1. The number of rotatable bonds is 5. The van der Waals surface area contributed by atoms with Crippen LogP contribution in [0.5, 0.6) is 11.5 Å². The van der Waals surface area contributed by atoms with Crippen molar-refractivity contribution in [1.29, 1.82) is 0 Å². The Bertz CT molecular complexity index is 794. The number of nitrogens with one attached hydrogen (secondary N) is 1. The van der Waals surface area contributed by atoms with E-state index in [1.165, 1.54) is 25.1 Å². The zero-order valence-corrected chi connectivity index (χ0v) is 13.9. The summed E-state index contributed by atoms with van der Waals surface area (Å²) in [6.07, 6.45) is -0.884. The molecule has 3 N–H and O–H groups in total. The van der Waals surface area contributed by atoms with Crippen molar-refractivity contribution in [3.8, 4) is 11.5 Å². The third kappa shape index (κ3) is 4.31. The highest BCUT2D eigenvalue weighted by Crippen LogP contribution is 2.28. The molecule has 0 spiro atoms. The lowest BCUT2D eigenvalue weighted by atomic mass is 10.2. The molecule has 2 rings (SSSR count). The van der Waals surface area contributed by atoms with Crippen molar-refractivity contribution in [1.82, 2.24) is 0 Å². The molecule has 1 amide bonds. The van der Waals surface area contributed by atoms with Gasteiger partial charge in [-0.25, -0.2) is 4.79 Å². The Hall–Kier alpha value is -2.44. The number of aromatic carboxylic acids is 1. The van der Waals surface area contributed by atoms with E-state index < -0.39 is 23.7 Å². The first kappa shape index (κ1) is 17.9. The van der Waals surface area contributed by atoms with Crippen molar-refractivity contribution < 1.29 is 24.5 Å². The highest BCUT2D eigenvalue weighted by atomic mass is 35.5. The molecule has 0 unspecified atom stereocenters. The van der Waals surface area contributed by atoms with Crippen LogP contribution in [0, 0.1) is 0 Å². The summed E-state index contributed by atoms with van der Waals surface area (Å²) in [6, 6.07) is 8.31. The molecule has 0 fully saturated rings. The molecule has 8 heteroatoms. The molecule has 0 heterocycles. The lowest BCUT2D eigenvalue weighted by Gasteiger charge is -2.16. The van der Waals surface area contributed by atoms with E-state index in [2.05, 4.69) is 5.32 Å². The maximum atomic E-state index is 12.1. The molecule has 126 valence electrons. The van der Waals surface area contributed by atoms with Crippen molar-refractivity contribution in [2.45, 2.75) is 13.0 Å². The Morgan fingerprint density at radius 3 is 2.46 bits per heavy atom. The number of hydrogen-bond acceptors (Lipinski definition) is 4. The Labute approximate surface area is 147 Å². The molecule has 1 atom stereocenters. The molecule has 24 heavy (non-hydrogen) atoms. The lowest BCUT2D eigenvalue weighted by molar-refractivity contribution is -0.122. The van der Waals surface area contributed by atoms with Crippen LogP contribution in [0.4, 0.5) is 5.69 Å². The highest BCUT2D eigenvalue weighted by Gasteiger charge is 2.18. The normalized spacial score (nSPS) is 11.6. The number of ether oxygens (including phenoxy) is 1. The van der Waals surface area contributed by atoms with Gasteiger partial charge in [-0.2, -0.15) is 0 Å². The third-order valence-corrected chi connectivity index (χ3v) is 3.59. The molecule has 0 bridgehead atoms. The number of carboxylic acid groups (broad SMARTS) is 1. The fourth-order valence-electron chi connectivity index (χ4n) is 1.85. The van der Waals surface area contributed by atoms with Gasteiger partial charge < -0.3 is 20.3 Å². The molecular formula is C16H13Cl2NO5. The van der Waals surface area contributed by atoms with Crippen molar-refractivity contribution in [3.63, 3.8) is 0 Å². The summed E-state index contributed by atoms with van der Waals surface area (Å²) in [5.41, 5.74) is -0.0228. The van der Waals surface area contributed by atoms with E-state index in [0.29, 0.717) is 10.8 Å². The number of hydrogen-bond donors (Lipinski definition) is 3. The van der Waals surface area contributed by atoms with E-state index in [-0.39, 0.29) is 16.3 Å². The van der Waals surface area contributed by atoms with E-state index in [1.54, 1.807) is 12.1 Å². The number of carbonyl (C=O) groups excluding carboxylic acids is 1. The molecule has 2 aromatic rings. The average Bonchev–Trinajstić information content (AvgIpc) is 2.49. The molecular weight excluding hydrogens is 357 g/mol. The van der Waals surface area contributed by atoms with Crippen LogP contribution in [0.15, 0.2) is 36.4 Å². The first-order valence-electron chi connectivity index (χ1n) is 6.77. The Morgan fingerprint density at radius 1 is 1.17 bits per heavy atom. The molecule has 0 aliphatic heterocycles. The minimum atomic E-state index is -1.26. The minimum Gasteiger partial charge on any atom is -0.507 e. The van der Waals surface area contributed by atoms with Crippen molar-refractivity contribution in [2.24, 2.45) is 0 Å². The van der Waals surface area contributed by atoms with Gasteiger partial charge in [-0.15, -0.1) is 0 Å². The zero-order chi connectivity index (χ0) is 17.9. The number of halogens is 2. The number of benzene rings is 2. The molecule has 0 aromatic heterocycles. The van der Waals surface area contributed by atoms with Crippen molar-refractivity contribution in [3.05, 3.63) is 52.0 Å². The fourth-order valence-corrected chi connectivity index (χ4v) is 2.30. The number of amides is 1. The number of phenols is 1. The summed E-state index contributed by atoms with van der Waals surface area (Å²) in [5, 5.41) is 21.7. The van der Waals surface area contributed by atoms with Crippen LogP contribution in [0.25, 0.3) is 0 Å². The molecule has 2 aromatic carbocycles. The van der Waals surface area contributed by atoms with E-state index in [9.17, 15) is 14.7 Å². The summed E-state index contributed by atoms with van der Waals surface area (Å²) < 4.78 is 5.47. The second kappa shape index (κ2) is 7.42. The van der Waals surface area contributed by atoms with Crippen LogP contribution in [0.2, 0.25) is 10.0 Å². The average molecular weight is 370 g/mol. The van der Waals surface area contributed by atoms with E-state index in [0.717, 1.165) is 6.07 Å². The van der Waals surface area contributed by atoms with Crippen LogP contribution in [-0.4, -0.2) is 28.2 Å². The summed E-state index contributed by atoms with van der Waals surface area (Å²) >= 11 is 11.8. The van der Waals surface area contributed by atoms with Gasteiger partial charge >= 0.3 is 5.97 Å². The Balaban J connectivity index is 2.06. The van der Waals surface area contributed by atoms with Crippen molar-refractivity contribution in [2.75, 3.05) is 5.32 Å². The van der Waals surface area contributed by atoms with Crippen LogP contribution < -0.4 is 10.1 Å². The Morgan fingerprint density at radius 2 is 1.88 bits per heavy atom. The van der Waals surface area contributed by atoms with E-state index in [4.69, 9.17) is 33.0 Å². The maximum Gasteiger partial charge on any atom is 0.339 e. The molecule has 0 saturated heterocycles. The second-order valence-corrected chi connectivity index (χ2v) is 5.70. The summed E-state index contributed by atoms with van der Waals surface area (Å²) in [7, 11) is 0. The molecule has 0 radical (unpaired) electrons. The summed E-state index contributed by atoms with van der Waals surface area (Å²) in [5.74, 6) is -1.91.